The largest absolute Gasteiger partial charge is 0.489 e. The minimum atomic E-state index is -0.284. The van der Waals surface area contributed by atoms with Gasteiger partial charge in [0.15, 0.2) is 0 Å². The zero-order valence-electron chi connectivity index (χ0n) is 11.6. The summed E-state index contributed by atoms with van der Waals surface area (Å²) in [6.07, 6.45) is 7.96. The third-order valence-electron chi connectivity index (χ3n) is 3.48. The summed E-state index contributed by atoms with van der Waals surface area (Å²) in [5, 5.41) is 0. The quantitative estimate of drug-likeness (QED) is 0.437. The molecule has 1 aromatic carbocycles. The van der Waals surface area contributed by atoms with Crippen molar-refractivity contribution < 1.29 is 9.13 Å². The Kier molecular flexibility index (Phi) is 6.21. The van der Waals surface area contributed by atoms with Gasteiger partial charge in [-0.2, -0.15) is 0 Å². The smallest absolute Gasteiger partial charge is 0.135 e. The van der Waals surface area contributed by atoms with E-state index in [1.54, 1.807) is 6.07 Å². The van der Waals surface area contributed by atoms with Gasteiger partial charge >= 0.3 is 0 Å². The monoisotopic (exact) mass is 294 g/mol. The second-order valence-electron chi connectivity index (χ2n) is 5.11. The Bertz CT molecular complexity index is 481. The lowest BCUT2D eigenvalue weighted by molar-refractivity contribution is 0.183. The highest BCUT2D eigenvalue weighted by molar-refractivity contribution is 6.18. The molecule has 1 saturated carbocycles. The lowest BCUT2D eigenvalue weighted by atomic mass is 10.1. The highest BCUT2D eigenvalue weighted by Gasteiger charge is 2.15. The molecule has 0 N–H and O–H groups in total. The Balaban J connectivity index is 2.11. The predicted molar refractivity (Wildman–Crippen MR) is 80.7 cm³/mol. The van der Waals surface area contributed by atoms with Crippen LogP contribution < -0.4 is 4.74 Å². The predicted octanol–water partition coefficient (Wildman–Crippen LogP) is 4.91. The van der Waals surface area contributed by atoms with Crippen LogP contribution in [-0.4, -0.2) is 12.0 Å². The van der Waals surface area contributed by atoms with Gasteiger partial charge in [-0.1, -0.05) is 24.7 Å². The van der Waals surface area contributed by atoms with E-state index in [9.17, 15) is 4.39 Å². The summed E-state index contributed by atoms with van der Waals surface area (Å²) >= 11 is 5.60. The number of ether oxygens (including phenoxy) is 1. The van der Waals surface area contributed by atoms with E-state index in [4.69, 9.17) is 16.3 Å². The minimum absolute atomic E-state index is 0.233. The van der Waals surface area contributed by atoms with Crippen LogP contribution in [0, 0.1) is 17.7 Å². The van der Waals surface area contributed by atoms with E-state index in [1.165, 1.54) is 37.8 Å². The first kappa shape index (κ1) is 15.2. The van der Waals surface area contributed by atoms with E-state index in [2.05, 4.69) is 11.8 Å². The molecule has 3 heteroatoms. The van der Waals surface area contributed by atoms with Crippen LogP contribution in [0.2, 0.25) is 0 Å². The van der Waals surface area contributed by atoms with Gasteiger partial charge in [-0.25, -0.2) is 4.39 Å². The van der Waals surface area contributed by atoms with Gasteiger partial charge in [0.2, 0.25) is 0 Å². The van der Waals surface area contributed by atoms with Crippen LogP contribution >= 0.6 is 11.6 Å². The number of hydrogen-bond acceptors (Lipinski definition) is 1. The summed E-state index contributed by atoms with van der Waals surface area (Å²) in [7, 11) is 0. The summed E-state index contributed by atoms with van der Waals surface area (Å²) in [6.45, 7) is 0. The van der Waals surface area contributed by atoms with Crippen molar-refractivity contribution in [1.82, 2.24) is 0 Å². The van der Waals surface area contributed by atoms with E-state index in [0.717, 1.165) is 12.8 Å². The second kappa shape index (κ2) is 8.17. The lowest BCUT2D eigenvalue weighted by Crippen LogP contribution is -2.15. The van der Waals surface area contributed by atoms with Gasteiger partial charge < -0.3 is 4.74 Å². The van der Waals surface area contributed by atoms with Crippen LogP contribution in [0.1, 0.15) is 50.5 Å². The number of hydrogen-bond donors (Lipinski definition) is 0. The van der Waals surface area contributed by atoms with Crippen LogP contribution in [0.4, 0.5) is 4.39 Å². The molecule has 1 aromatic rings. The van der Waals surface area contributed by atoms with Gasteiger partial charge in [-0.05, 0) is 43.9 Å². The fraction of sp³-hybridized carbons (Fsp3) is 0.529. The van der Waals surface area contributed by atoms with E-state index in [1.807, 2.05) is 0 Å². The van der Waals surface area contributed by atoms with Crippen molar-refractivity contribution in [3.8, 4) is 17.6 Å². The fourth-order valence-corrected chi connectivity index (χ4v) is 2.54. The molecule has 1 aliphatic rings. The van der Waals surface area contributed by atoms with Gasteiger partial charge in [0.05, 0.1) is 11.7 Å². The first-order valence-corrected chi connectivity index (χ1v) is 7.84. The number of alkyl halides is 1. The molecule has 1 aliphatic carbocycles. The van der Waals surface area contributed by atoms with Crippen molar-refractivity contribution in [3.05, 3.63) is 29.6 Å². The maximum absolute atomic E-state index is 13.4. The molecule has 1 fully saturated rings. The molecule has 0 radical (unpaired) electrons. The first-order valence-electron chi connectivity index (χ1n) is 7.30. The molecule has 0 unspecified atom stereocenters. The molecule has 0 heterocycles. The molecule has 20 heavy (non-hydrogen) atoms. The lowest BCUT2D eigenvalue weighted by Gasteiger charge is -2.18. The van der Waals surface area contributed by atoms with Crippen molar-refractivity contribution in [3.63, 3.8) is 0 Å². The van der Waals surface area contributed by atoms with Gasteiger partial charge in [-0.3, -0.25) is 0 Å². The van der Waals surface area contributed by atoms with E-state index in [-0.39, 0.29) is 11.9 Å². The zero-order valence-corrected chi connectivity index (χ0v) is 12.4. The molecular weight excluding hydrogens is 275 g/mol. The van der Waals surface area contributed by atoms with Crippen LogP contribution in [-0.2, 0) is 0 Å². The summed E-state index contributed by atoms with van der Waals surface area (Å²) in [4.78, 5) is 0. The van der Waals surface area contributed by atoms with Crippen LogP contribution in [0.25, 0.3) is 0 Å². The molecule has 0 atom stereocenters. The van der Waals surface area contributed by atoms with Crippen LogP contribution in [0.15, 0.2) is 18.2 Å². The van der Waals surface area contributed by atoms with Crippen molar-refractivity contribution in [2.75, 3.05) is 5.88 Å². The molecule has 108 valence electrons. The first-order chi connectivity index (χ1) is 9.79. The summed E-state index contributed by atoms with van der Waals surface area (Å²) in [6, 6.07) is 4.55. The van der Waals surface area contributed by atoms with Crippen molar-refractivity contribution in [1.29, 1.82) is 0 Å². The third kappa shape index (κ3) is 4.72. The highest BCUT2D eigenvalue weighted by Crippen LogP contribution is 2.25. The molecule has 2 rings (SSSR count). The zero-order chi connectivity index (χ0) is 14.2. The standard InChI is InChI=1S/C17H20ClFO/c18-12-6-5-7-14-13-15(19)10-11-17(14)20-16-8-3-1-2-4-9-16/h10-11,13,16H,1-4,6,8-9,12H2. The molecule has 0 aliphatic heterocycles. The van der Waals surface area contributed by atoms with Crippen molar-refractivity contribution in [2.45, 2.75) is 51.0 Å². The van der Waals surface area contributed by atoms with Gasteiger partial charge in [0.1, 0.15) is 11.6 Å². The van der Waals surface area contributed by atoms with E-state index in [0.29, 0.717) is 23.6 Å². The normalized spacial score (nSPS) is 16.1. The Hall–Kier alpha value is -1.20. The Morgan fingerprint density at radius 1 is 1.20 bits per heavy atom. The number of rotatable bonds is 3. The highest BCUT2D eigenvalue weighted by atomic mass is 35.5. The van der Waals surface area contributed by atoms with Crippen molar-refractivity contribution >= 4 is 11.6 Å². The fourth-order valence-electron chi connectivity index (χ4n) is 2.45. The van der Waals surface area contributed by atoms with Gasteiger partial charge in [0, 0.05) is 12.3 Å². The Labute approximate surface area is 125 Å². The molecule has 0 spiro atoms. The summed E-state index contributed by atoms with van der Waals surface area (Å²) in [5.74, 6) is 6.80. The van der Waals surface area contributed by atoms with Gasteiger partial charge in [-0.15, -0.1) is 11.6 Å². The molecule has 1 nitrogen and oxygen atoms in total. The molecule has 0 amide bonds. The summed E-state index contributed by atoms with van der Waals surface area (Å²) < 4.78 is 19.4. The number of benzene rings is 1. The second-order valence-corrected chi connectivity index (χ2v) is 5.49. The van der Waals surface area contributed by atoms with Crippen molar-refractivity contribution in [2.24, 2.45) is 0 Å². The average Bonchev–Trinajstić information content (AvgIpc) is 2.70. The van der Waals surface area contributed by atoms with Crippen LogP contribution in [0.3, 0.4) is 0 Å². The maximum Gasteiger partial charge on any atom is 0.135 e. The van der Waals surface area contributed by atoms with E-state index >= 15 is 0 Å². The molecule has 0 aromatic heterocycles. The average molecular weight is 295 g/mol. The Morgan fingerprint density at radius 3 is 2.65 bits per heavy atom. The molecule has 0 saturated heterocycles. The van der Waals surface area contributed by atoms with E-state index < -0.39 is 0 Å². The van der Waals surface area contributed by atoms with Gasteiger partial charge in [0.25, 0.3) is 0 Å². The third-order valence-corrected chi connectivity index (χ3v) is 3.67. The summed E-state index contributed by atoms with van der Waals surface area (Å²) in [5.41, 5.74) is 0.624. The molecular formula is C17H20ClFO. The molecule has 0 bridgehead atoms. The number of halogens is 2. The SMILES string of the molecule is Fc1ccc(OC2CCCCCC2)c(C#CCCCl)c1. The maximum atomic E-state index is 13.4. The van der Waals surface area contributed by atoms with Crippen LogP contribution in [0.5, 0.6) is 5.75 Å². The topological polar surface area (TPSA) is 9.23 Å². The minimum Gasteiger partial charge on any atom is -0.489 e. The Morgan fingerprint density at radius 2 is 1.95 bits per heavy atom.